The molecule has 4 atom stereocenters. The van der Waals surface area contributed by atoms with Crippen molar-refractivity contribution in [3.8, 4) is 0 Å². The zero-order valence-electron chi connectivity index (χ0n) is 17.3. The SMILES string of the molecule is CC1(C)[C@H]2CC[C@@]1(C)C(=O)/C2=C\OC(=O)/C=C1\C(=O)[C@@]2(C)CC[C@@H]1C2(C)C. The molecule has 0 saturated heterocycles. The van der Waals surface area contributed by atoms with Gasteiger partial charge >= 0.3 is 5.97 Å². The number of esters is 1. The van der Waals surface area contributed by atoms with Crippen molar-refractivity contribution >= 4 is 17.5 Å². The Bertz CT molecular complexity index is 827. The van der Waals surface area contributed by atoms with Crippen molar-refractivity contribution in [3.63, 3.8) is 0 Å². The molecular weight excluding hydrogens is 340 g/mol. The molecule has 4 aliphatic carbocycles. The number of hydrogen-bond acceptors (Lipinski definition) is 4. The molecule has 0 aromatic heterocycles. The molecule has 27 heavy (non-hydrogen) atoms. The second-order valence-electron chi connectivity index (χ2n) is 10.6. The molecule has 4 rings (SSSR count). The van der Waals surface area contributed by atoms with Crippen molar-refractivity contribution in [1.29, 1.82) is 0 Å². The Morgan fingerprint density at radius 1 is 0.852 bits per heavy atom. The fourth-order valence-corrected chi connectivity index (χ4v) is 6.44. The predicted octanol–water partition coefficient (Wildman–Crippen LogP) is 4.39. The number of Topliss-reactive ketones (excluding diaryl/α,β-unsaturated/α-hetero) is 2. The summed E-state index contributed by atoms with van der Waals surface area (Å²) in [6.07, 6.45) is 6.39. The summed E-state index contributed by atoms with van der Waals surface area (Å²) in [5.41, 5.74) is 0.235. The number of ether oxygens (including phenoxy) is 1. The third-order valence-electron chi connectivity index (χ3n) is 9.31. The van der Waals surface area contributed by atoms with E-state index >= 15 is 0 Å². The van der Waals surface area contributed by atoms with Crippen molar-refractivity contribution < 1.29 is 19.1 Å². The first-order chi connectivity index (χ1) is 12.4. The normalized spacial score (nSPS) is 43.9. The summed E-state index contributed by atoms with van der Waals surface area (Å²) in [5, 5.41) is 0. The minimum atomic E-state index is -0.545. The molecule has 4 heteroatoms. The summed E-state index contributed by atoms with van der Waals surface area (Å²) >= 11 is 0. The van der Waals surface area contributed by atoms with E-state index in [-0.39, 0.29) is 45.1 Å². The van der Waals surface area contributed by atoms with Crippen LogP contribution >= 0.6 is 0 Å². The Morgan fingerprint density at radius 3 is 1.70 bits per heavy atom. The van der Waals surface area contributed by atoms with Crippen LogP contribution in [0.3, 0.4) is 0 Å². The van der Waals surface area contributed by atoms with Crippen LogP contribution in [0.2, 0.25) is 0 Å². The monoisotopic (exact) mass is 370 g/mol. The van der Waals surface area contributed by atoms with Gasteiger partial charge in [-0.2, -0.15) is 0 Å². The number of fused-ring (bicyclic) bond motifs is 4. The lowest BCUT2D eigenvalue weighted by atomic mass is 9.70. The van der Waals surface area contributed by atoms with Crippen molar-refractivity contribution in [3.05, 3.63) is 23.5 Å². The lowest BCUT2D eigenvalue weighted by Crippen LogP contribution is -2.32. The first-order valence-electron chi connectivity index (χ1n) is 10.1. The van der Waals surface area contributed by atoms with E-state index < -0.39 is 5.97 Å². The Morgan fingerprint density at radius 2 is 1.30 bits per heavy atom. The van der Waals surface area contributed by atoms with Crippen LogP contribution in [0.5, 0.6) is 0 Å². The van der Waals surface area contributed by atoms with Gasteiger partial charge in [-0.25, -0.2) is 4.79 Å². The first-order valence-corrected chi connectivity index (χ1v) is 10.1. The first kappa shape index (κ1) is 18.6. The highest BCUT2D eigenvalue weighted by atomic mass is 16.5. The van der Waals surface area contributed by atoms with E-state index in [9.17, 15) is 14.4 Å². The average Bonchev–Trinajstić information content (AvgIpc) is 3.06. The topological polar surface area (TPSA) is 60.4 Å². The molecule has 0 amide bonds. The molecular formula is C23H30O4. The van der Waals surface area contributed by atoms with Gasteiger partial charge in [0.05, 0.1) is 0 Å². The van der Waals surface area contributed by atoms with Gasteiger partial charge in [0.2, 0.25) is 0 Å². The fraction of sp³-hybridized carbons (Fsp3) is 0.696. The lowest BCUT2D eigenvalue weighted by Gasteiger charge is -2.31. The van der Waals surface area contributed by atoms with E-state index in [0.29, 0.717) is 11.1 Å². The number of rotatable bonds is 2. The van der Waals surface area contributed by atoms with Crippen LogP contribution in [0.25, 0.3) is 0 Å². The molecule has 4 fully saturated rings. The van der Waals surface area contributed by atoms with Gasteiger partial charge in [0.25, 0.3) is 0 Å². The van der Waals surface area contributed by atoms with Gasteiger partial charge in [0.1, 0.15) is 6.26 Å². The average molecular weight is 370 g/mol. The third kappa shape index (κ3) is 2.02. The van der Waals surface area contributed by atoms with Gasteiger partial charge in [0.15, 0.2) is 11.6 Å². The van der Waals surface area contributed by atoms with Crippen LogP contribution in [0.1, 0.15) is 67.2 Å². The van der Waals surface area contributed by atoms with Crippen LogP contribution in [-0.2, 0) is 19.1 Å². The van der Waals surface area contributed by atoms with Crippen LogP contribution < -0.4 is 0 Å². The molecule has 0 N–H and O–H groups in total. The maximum Gasteiger partial charge on any atom is 0.335 e. The van der Waals surface area contributed by atoms with E-state index in [2.05, 4.69) is 27.7 Å². The minimum Gasteiger partial charge on any atom is -0.431 e. The van der Waals surface area contributed by atoms with Crippen molar-refractivity contribution in [2.75, 3.05) is 0 Å². The molecule has 0 aliphatic heterocycles. The summed E-state index contributed by atoms with van der Waals surface area (Å²) in [5.74, 6) is -0.113. The number of allylic oxidation sites excluding steroid dienone is 2. The number of carbonyl (C=O) groups excluding carboxylic acids is 3. The second-order valence-corrected chi connectivity index (χ2v) is 10.6. The van der Waals surface area contributed by atoms with E-state index in [1.165, 1.54) is 12.3 Å². The summed E-state index contributed by atoms with van der Waals surface area (Å²) in [6.45, 7) is 12.5. The standard InChI is InChI=1S/C23H30O4/c1-20(2)15-7-9-22(20,5)18(25)13(15)11-17(24)27-12-14-16-8-10-23(6,19(14)26)21(16,3)4/h11-12,15-16H,7-10H2,1-6H3/b13-11-,14-12-/t15-,16-,22+,23-/m0/s1. The molecule has 0 unspecified atom stereocenters. The van der Waals surface area contributed by atoms with Gasteiger partial charge in [-0.15, -0.1) is 0 Å². The summed E-state index contributed by atoms with van der Waals surface area (Å²) in [4.78, 5) is 38.1. The smallest absolute Gasteiger partial charge is 0.335 e. The zero-order valence-corrected chi connectivity index (χ0v) is 17.3. The number of ketones is 2. The Balaban J connectivity index is 1.55. The lowest BCUT2D eigenvalue weighted by molar-refractivity contribution is -0.133. The van der Waals surface area contributed by atoms with Gasteiger partial charge in [0, 0.05) is 28.1 Å². The highest BCUT2D eigenvalue weighted by Gasteiger charge is 2.65. The fourth-order valence-electron chi connectivity index (χ4n) is 6.44. The summed E-state index contributed by atoms with van der Waals surface area (Å²) in [7, 11) is 0. The quantitative estimate of drug-likeness (QED) is 0.411. The van der Waals surface area contributed by atoms with Crippen molar-refractivity contribution in [2.45, 2.75) is 67.2 Å². The highest BCUT2D eigenvalue weighted by Crippen LogP contribution is 2.66. The third-order valence-corrected chi connectivity index (χ3v) is 9.31. The highest BCUT2D eigenvalue weighted by molar-refractivity contribution is 6.08. The Kier molecular flexibility index (Phi) is 3.60. The molecule has 0 aromatic rings. The van der Waals surface area contributed by atoms with Crippen LogP contribution in [0.4, 0.5) is 0 Å². The molecule has 4 aliphatic rings. The summed E-state index contributed by atoms with van der Waals surface area (Å²) in [6, 6.07) is 0. The molecule has 4 saturated carbocycles. The van der Waals surface area contributed by atoms with Crippen LogP contribution in [-0.4, -0.2) is 17.5 Å². The second kappa shape index (κ2) is 5.21. The van der Waals surface area contributed by atoms with E-state index in [1.54, 1.807) is 0 Å². The predicted molar refractivity (Wildman–Crippen MR) is 101 cm³/mol. The molecule has 0 radical (unpaired) electrons. The van der Waals surface area contributed by atoms with Crippen LogP contribution in [0, 0.1) is 33.5 Å². The van der Waals surface area contributed by atoms with Gasteiger partial charge in [-0.05, 0) is 48.3 Å². The molecule has 4 bridgehead atoms. The Hall–Kier alpha value is -1.71. The largest absolute Gasteiger partial charge is 0.431 e. The van der Waals surface area contributed by atoms with E-state index in [1.807, 2.05) is 13.8 Å². The minimum absolute atomic E-state index is 0.0815. The maximum atomic E-state index is 12.8. The number of carbonyl (C=O) groups is 3. The van der Waals surface area contributed by atoms with E-state index in [0.717, 1.165) is 25.7 Å². The van der Waals surface area contributed by atoms with E-state index in [4.69, 9.17) is 4.74 Å². The molecule has 0 spiro atoms. The van der Waals surface area contributed by atoms with Crippen molar-refractivity contribution in [2.24, 2.45) is 33.5 Å². The van der Waals surface area contributed by atoms with Crippen LogP contribution in [0.15, 0.2) is 23.5 Å². The number of hydrogen-bond donors (Lipinski definition) is 0. The molecule has 146 valence electrons. The maximum absolute atomic E-state index is 12.8. The zero-order chi connectivity index (χ0) is 20.0. The summed E-state index contributed by atoms with van der Waals surface area (Å²) < 4.78 is 5.36. The van der Waals surface area contributed by atoms with Crippen molar-refractivity contribution in [1.82, 2.24) is 0 Å². The Labute approximate surface area is 161 Å². The molecule has 4 nitrogen and oxygen atoms in total. The van der Waals surface area contributed by atoms with Gasteiger partial charge < -0.3 is 4.74 Å². The van der Waals surface area contributed by atoms with Gasteiger partial charge in [-0.3, -0.25) is 9.59 Å². The molecule has 0 aromatic carbocycles. The molecule has 0 heterocycles. The van der Waals surface area contributed by atoms with Gasteiger partial charge in [-0.1, -0.05) is 41.5 Å².